The normalized spacial score (nSPS) is 11.4. The van der Waals surface area contributed by atoms with E-state index < -0.39 is 0 Å². The van der Waals surface area contributed by atoms with Crippen molar-refractivity contribution in [2.45, 2.75) is 6.92 Å². The van der Waals surface area contributed by atoms with E-state index in [2.05, 4.69) is 20.6 Å². The molecule has 4 rings (SSSR count). The van der Waals surface area contributed by atoms with Crippen molar-refractivity contribution in [2.24, 2.45) is 5.10 Å². The molecule has 25 heavy (non-hydrogen) atoms. The zero-order valence-electron chi connectivity index (χ0n) is 13.4. The number of aryl methyl sites for hydroxylation is 1. The van der Waals surface area contributed by atoms with Gasteiger partial charge in [0.15, 0.2) is 0 Å². The first kappa shape index (κ1) is 15.3. The van der Waals surface area contributed by atoms with Crippen LogP contribution in [0.3, 0.4) is 0 Å². The van der Waals surface area contributed by atoms with E-state index in [1.165, 1.54) is 22.2 Å². The van der Waals surface area contributed by atoms with Gasteiger partial charge < -0.3 is 0 Å². The fourth-order valence-electron chi connectivity index (χ4n) is 2.54. The summed E-state index contributed by atoms with van der Waals surface area (Å²) in [6.07, 6.45) is 1.53. The van der Waals surface area contributed by atoms with Crippen LogP contribution in [0, 0.1) is 6.92 Å². The first-order chi connectivity index (χ1) is 12.2. The fourth-order valence-corrected chi connectivity index (χ4v) is 3.36. The first-order valence-electron chi connectivity index (χ1n) is 7.74. The number of para-hydroxylation sites is 2. The number of fused-ring (bicyclic) bond motifs is 1. The molecule has 7 heteroatoms. The molecule has 0 bridgehead atoms. The van der Waals surface area contributed by atoms with E-state index in [-0.39, 0.29) is 5.56 Å². The highest BCUT2D eigenvalue weighted by molar-refractivity contribution is 7.22. The number of H-pyrrole nitrogens is 1. The zero-order chi connectivity index (χ0) is 17.2. The molecule has 0 radical (unpaired) electrons. The Morgan fingerprint density at radius 2 is 1.92 bits per heavy atom. The van der Waals surface area contributed by atoms with Gasteiger partial charge in [0.25, 0.3) is 5.56 Å². The summed E-state index contributed by atoms with van der Waals surface area (Å²) in [6, 6.07) is 17.3. The lowest BCUT2D eigenvalue weighted by atomic mass is 10.3. The van der Waals surface area contributed by atoms with Gasteiger partial charge in [-0.1, -0.05) is 41.7 Å². The maximum absolute atomic E-state index is 12.6. The molecule has 0 aliphatic rings. The molecule has 0 fully saturated rings. The highest BCUT2D eigenvalue weighted by Crippen LogP contribution is 2.25. The second-order valence-corrected chi connectivity index (χ2v) is 6.51. The third-order valence-corrected chi connectivity index (χ3v) is 4.72. The number of aromatic amines is 1. The van der Waals surface area contributed by atoms with Gasteiger partial charge in [0, 0.05) is 5.69 Å². The Kier molecular flexibility index (Phi) is 3.91. The number of benzene rings is 2. The van der Waals surface area contributed by atoms with E-state index in [4.69, 9.17) is 0 Å². The lowest BCUT2D eigenvalue weighted by Gasteiger charge is -1.99. The number of aromatic nitrogens is 3. The Bertz CT molecular complexity index is 1070. The standard InChI is InChI=1S/C18H15N5OS/c1-12-14(17(24)23(22-12)13-7-3-2-4-8-13)11-19-21-18-20-15-9-5-6-10-16(15)25-18/h2-11,22H,1H3,(H,20,21)/b19-11-. The molecule has 2 aromatic heterocycles. The van der Waals surface area contributed by atoms with Crippen LogP contribution in [0.2, 0.25) is 0 Å². The van der Waals surface area contributed by atoms with Crippen LogP contribution in [0.15, 0.2) is 64.5 Å². The molecule has 4 aromatic rings. The molecule has 2 heterocycles. The molecular weight excluding hydrogens is 334 g/mol. The average Bonchev–Trinajstić information content (AvgIpc) is 3.17. The molecule has 0 unspecified atom stereocenters. The van der Waals surface area contributed by atoms with Crippen molar-refractivity contribution in [3.8, 4) is 5.69 Å². The van der Waals surface area contributed by atoms with Crippen LogP contribution >= 0.6 is 11.3 Å². The Balaban J connectivity index is 1.59. The van der Waals surface area contributed by atoms with E-state index in [1.54, 1.807) is 0 Å². The third kappa shape index (κ3) is 2.97. The minimum atomic E-state index is -0.140. The summed E-state index contributed by atoms with van der Waals surface area (Å²) in [6.45, 7) is 1.85. The zero-order valence-corrected chi connectivity index (χ0v) is 14.2. The Labute approximate surface area is 147 Å². The Hall–Kier alpha value is -3.19. The number of thiazole rings is 1. The van der Waals surface area contributed by atoms with Gasteiger partial charge in [0.05, 0.1) is 27.7 Å². The molecule has 0 spiro atoms. The molecule has 0 saturated carbocycles. The van der Waals surface area contributed by atoms with Gasteiger partial charge in [0.1, 0.15) is 0 Å². The molecule has 2 aromatic carbocycles. The van der Waals surface area contributed by atoms with Crippen LogP contribution < -0.4 is 11.0 Å². The van der Waals surface area contributed by atoms with E-state index in [0.29, 0.717) is 10.7 Å². The van der Waals surface area contributed by atoms with E-state index >= 15 is 0 Å². The molecular formula is C18H15N5OS. The molecule has 2 N–H and O–H groups in total. The summed E-state index contributed by atoms with van der Waals surface area (Å²) in [5.74, 6) is 0. The number of hydrogen-bond donors (Lipinski definition) is 2. The SMILES string of the molecule is Cc1[nH]n(-c2ccccc2)c(=O)c1/C=N\Nc1nc2ccccc2s1. The highest BCUT2D eigenvalue weighted by Gasteiger charge is 2.10. The second kappa shape index (κ2) is 6.37. The molecule has 0 aliphatic carbocycles. The molecule has 0 saturated heterocycles. The van der Waals surface area contributed by atoms with Gasteiger partial charge in [-0.2, -0.15) is 5.10 Å². The van der Waals surface area contributed by atoms with Crippen LogP contribution in [-0.2, 0) is 0 Å². The molecule has 0 atom stereocenters. The van der Waals surface area contributed by atoms with Crippen molar-refractivity contribution in [2.75, 3.05) is 5.43 Å². The Morgan fingerprint density at radius 1 is 1.16 bits per heavy atom. The smallest absolute Gasteiger partial charge is 0.280 e. The van der Waals surface area contributed by atoms with Crippen LogP contribution in [-0.4, -0.2) is 21.0 Å². The van der Waals surface area contributed by atoms with Gasteiger partial charge >= 0.3 is 0 Å². The fraction of sp³-hybridized carbons (Fsp3) is 0.0556. The summed E-state index contributed by atoms with van der Waals surface area (Å²) in [7, 11) is 0. The predicted octanol–water partition coefficient (Wildman–Crippen LogP) is 3.53. The first-order valence-corrected chi connectivity index (χ1v) is 8.56. The van der Waals surface area contributed by atoms with Crippen LogP contribution in [0.1, 0.15) is 11.3 Å². The molecule has 124 valence electrons. The minimum Gasteiger partial charge on any atom is -0.295 e. The van der Waals surface area contributed by atoms with Crippen LogP contribution in [0.5, 0.6) is 0 Å². The van der Waals surface area contributed by atoms with Gasteiger partial charge in [-0.3, -0.25) is 15.3 Å². The molecule has 0 aliphatic heterocycles. The van der Waals surface area contributed by atoms with Crippen LogP contribution in [0.25, 0.3) is 15.9 Å². The van der Waals surface area contributed by atoms with Crippen molar-refractivity contribution >= 4 is 32.9 Å². The average molecular weight is 349 g/mol. The number of nitrogens with one attached hydrogen (secondary N) is 2. The number of anilines is 1. The number of rotatable bonds is 4. The van der Waals surface area contributed by atoms with Crippen LogP contribution in [0.4, 0.5) is 5.13 Å². The minimum absolute atomic E-state index is 0.140. The largest absolute Gasteiger partial charge is 0.295 e. The van der Waals surface area contributed by atoms with E-state index in [9.17, 15) is 4.79 Å². The van der Waals surface area contributed by atoms with Crippen molar-refractivity contribution in [1.29, 1.82) is 0 Å². The van der Waals surface area contributed by atoms with Gasteiger partial charge in [0.2, 0.25) is 5.13 Å². The maximum atomic E-state index is 12.6. The maximum Gasteiger partial charge on any atom is 0.280 e. The van der Waals surface area contributed by atoms with Gasteiger partial charge in [-0.15, -0.1) is 0 Å². The summed E-state index contributed by atoms with van der Waals surface area (Å²) in [5, 5.41) is 7.94. The molecule has 6 nitrogen and oxygen atoms in total. The van der Waals surface area contributed by atoms with E-state index in [0.717, 1.165) is 21.6 Å². The third-order valence-electron chi connectivity index (χ3n) is 3.78. The summed E-state index contributed by atoms with van der Waals surface area (Å²) >= 11 is 1.52. The summed E-state index contributed by atoms with van der Waals surface area (Å²) in [5.41, 5.74) is 5.74. The Morgan fingerprint density at radius 3 is 2.72 bits per heavy atom. The van der Waals surface area contributed by atoms with Gasteiger partial charge in [-0.05, 0) is 31.2 Å². The lowest BCUT2D eigenvalue weighted by Crippen LogP contribution is -2.17. The quantitative estimate of drug-likeness (QED) is 0.437. The highest BCUT2D eigenvalue weighted by atomic mass is 32.1. The number of hydrazone groups is 1. The molecule has 0 amide bonds. The lowest BCUT2D eigenvalue weighted by molar-refractivity contribution is 0.835. The number of nitrogens with zero attached hydrogens (tertiary/aromatic N) is 3. The van der Waals surface area contributed by atoms with Crippen molar-refractivity contribution < 1.29 is 0 Å². The van der Waals surface area contributed by atoms with Gasteiger partial charge in [-0.25, -0.2) is 9.67 Å². The van der Waals surface area contributed by atoms with Crippen molar-refractivity contribution in [3.63, 3.8) is 0 Å². The number of hydrogen-bond acceptors (Lipinski definition) is 5. The van der Waals surface area contributed by atoms with Crippen molar-refractivity contribution in [1.82, 2.24) is 14.8 Å². The predicted molar refractivity (Wildman–Crippen MR) is 102 cm³/mol. The monoisotopic (exact) mass is 349 g/mol. The topological polar surface area (TPSA) is 75.1 Å². The summed E-state index contributed by atoms with van der Waals surface area (Å²) in [4.78, 5) is 17.0. The second-order valence-electron chi connectivity index (χ2n) is 5.48. The summed E-state index contributed by atoms with van der Waals surface area (Å²) < 4.78 is 2.60. The van der Waals surface area contributed by atoms with E-state index in [1.807, 2.05) is 61.5 Å². The van der Waals surface area contributed by atoms with Crippen molar-refractivity contribution in [3.05, 3.63) is 76.2 Å².